The topological polar surface area (TPSA) is 54.5 Å². The molecule has 0 aliphatic carbocycles. The van der Waals surface area contributed by atoms with Crippen LogP contribution in [0.3, 0.4) is 0 Å². The Labute approximate surface area is 121 Å². The van der Waals surface area contributed by atoms with Gasteiger partial charge in [-0.2, -0.15) is 0 Å². The van der Waals surface area contributed by atoms with Crippen molar-refractivity contribution in [3.63, 3.8) is 0 Å². The summed E-state index contributed by atoms with van der Waals surface area (Å²) < 4.78 is 23.8. The lowest BCUT2D eigenvalue weighted by Crippen LogP contribution is -2.41. The third-order valence-electron chi connectivity index (χ3n) is 3.35. The summed E-state index contributed by atoms with van der Waals surface area (Å²) in [5.74, 6) is 0.145. The van der Waals surface area contributed by atoms with Crippen LogP contribution in [0.4, 0.5) is 0 Å². The van der Waals surface area contributed by atoms with E-state index in [0.29, 0.717) is 18.5 Å². The summed E-state index contributed by atoms with van der Waals surface area (Å²) in [5, 5.41) is 0. The zero-order valence-electron chi connectivity index (χ0n) is 10.7. The van der Waals surface area contributed by atoms with Gasteiger partial charge >= 0.3 is 0 Å². The Hall–Kier alpha value is -0.880. The zero-order valence-corrected chi connectivity index (χ0v) is 13.1. The summed E-state index contributed by atoms with van der Waals surface area (Å²) in [4.78, 5) is 14.2. The van der Waals surface area contributed by atoms with Gasteiger partial charge in [-0.25, -0.2) is 8.42 Å². The molecule has 2 rings (SSSR count). The highest BCUT2D eigenvalue weighted by Gasteiger charge is 2.34. The fraction of sp³-hybridized carbons (Fsp3) is 0.462. The van der Waals surface area contributed by atoms with Crippen LogP contribution in [0.15, 0.2) is 28.7 Å². The molecule has 0 spiro atoms. The molecule has 0 aromatic heterocycles. The first-order valence-electron chi connectivity index (χ1n) is 6.20. The lowest BCUT2D eigenvalue weighted by molar-refractivity contribution is 0.0707. The van der Waals surface area contributed by atoms with Crippen molar-refractivity contribution in [3.05, 3.63) is 34.3 Å². The molecule has 19 heavy (non-hydrogen) atoms. The standard InChI is InChI=1S/C13H16BrNO3S/c1-2-15(10-7-8-19(17,18)9-10)13(16)11-5-3-4-6-12(11)14/h3-6,10H,2,7-9H2,1H3/t10-/m1/s1. The number of hydrogen-bond acceptors (Lipinski definition) is 3. The van der Waals surface area contributed by atoms with Crippen LogP contribution < -0.4 is 0 Å². The minimum atomic E-state index is -2.98. The maximum absolute atomic E-state index is 12.5. The predicted octanol–water partition coefficient (Wildman–Crippen LogP) is 2.10. The molecule has 0 radical (unpaired) electrons. The Morgan fingerprint density at radius 1 is 1.42 bits per heavy atom. The molecule has 1 saturated heterocycles. The Bertz CT molecular complexity index is 585. The van der Waals surface area contributed by atoms with Crippen LogP contribution in [-0.2, 0) is 9.84 Å². The van der Waals surface area contributed by atoms with E-state index in [1.165, 1.54) is 0 Å². The molecule has 0 bridgehead atoms. The van der Waals surface area contributed by atoms with Crippen molar-refractivity contribution >= 4 is 31.7 Å². The number of halogens is 1. The lowest BCUT2D eigenvalue weighted by atomic mass is 10.1. The van der Waals surface area contributed by atoms with E-state index in [0.717, 1.165) is 4.47 Å². The van der Waals surface area contributed by atoms with Gasteiger partial charge in [-0.1, -0.05) is 12.1 Å². The molecule has 0 N–H and O–H groups in total. The molecule has 1 fully saturated rings. The molecule has 0 unspecified atom stereocenters. The Morgan fingerprint density at radius 2 is 2.11 bits per heavy atom. The quantitative estimate of drug-likeness (QED) is 0.842. The van der Waals surface area contributed by atoms with E-state index in [9.17, 15) is 13.2 Å². The second kappa shape index (κ2) is 5.63. The van der Waals surface area contributed by atoms with Gasteiger partial charge in [-0.05, 0) is 41.4 Å². The molecule has 1 aromatic rings. The van der Waals surface area contributed by atoms with E-state index in [1.807, 2.05) is 19.1 Å². The third kappa shape index (κ3) is 3.17. The predicted molar refractivity (Wildman–Crippen MR) is 77.9 cm³/mol. The van der Waals surface area contributed by atoms with Crippen molar-refractivity contribution in [1.82, 2.24) is 4.90 Å². The monoisotopic (exact) mass is 345 g/mol. The first-order valence-corrected chi connectivity index (χ1v) is 8.82. The summed E-state index contributed by atoms with van der Waals surface area (Å²) in [5.41, 5.74) is 0.577. The minimum Gasteiger partial charge on any atom is -0.335 e. The summed E-state index contributed by atoms with van der Waals surface area (Å²) in [6, 6.07) is 7.01. The van der Waals surface area contributed by atoms with Gasteiger partial charge in [-0.15, -0.1) is 0 Å². The molecule has 104 valence electrons. The number of nitrogens with zero attached hydrogens (tertiary/aromatic N) is 1. The summed E-state index contributed by atoms with van der Waals surface area (Å²) >= 11 is 3.36. The van der Waals surface area contributed by atoms with Crippen molar-refractivity contribution in [1.29, 1.82) is 0 Å². The van der Waals surface area contributed by atoms with Crippen LogP contribution in [0.5, 0.6) is 0 Å². The smallest absolute Gasteiger partial charge is 0.255 e. The van der Waals surface area contributed by atoms with Crippen LogP contribution in [0, 0.1) is 0 Å². The maximum atomic E-state index is 12.5. The van der Waals surface area contributed by atoms with E-state index >= 15 is 0 Å². The lowest BCUT2D eigenvalue weighted by Gasteiger charge is -2.27. The van der Waals surface area contributed by atoms with Gasteiger partial charge in [-0.3, -0.25) is 4.79 Å². The van der Waals surface area contributed by atoms with E-state index in [1.54, 1.807) is 17.0 Å². The van der Waals surface area contributed by atoms with Crippen LogP contribution in [0.25, 0.3) is 0 Å². The summed E-state index contributed by atoms with van der Waals surface area (Å²) in [7, 11) is -2.98. The molecule has 1 amide bonds. The Kier molecular flexibility index (Phi) is 4.30. The fourth-order valence-electron chi connectivity index (χ4n) is 2.38. The van der Waals surface area contributed by atoms with Crippen molar-refractivity contribution < 1.29 is 13.2 Å². The highest BCUT2D eigenvalue weighted by molar-refractivity contribution is 9.10. The van der Waals surface area contributed by atoms with E-state index in [4.69, 9.17) is 0 Å². The average molecular weight is 346 g/mol. The number of amides is 1. The van der Waals surface area contributed by atoms with Gasteiger partial charge in [0.25, 0.3) is 5.91 Å². The van der Waals surface area contributed by atoms with Crippen LogP contribution in [-0.4, -0.2) is 43.3 Å². The molecule has 1 aliphatic rings. The van der Waals surface area contributed by atoms with Gasteiger partial charge in [0, 0.05) is 17.1 Å². The molecule has 0 saturated carbocycles. The molecule has 6 heteroatoms. The number of benzene rings is 1. The summed E-state index contributed by atoms with van der Waals surface area (Å²) in [6.07, 6.45) is 0.534. The molecule has 1 aromatic carbocycles. The largest absolute Gasteiger partial charge is 0.335 e. The molecule has 4 nitrogen and oxygen atoms in total. The number of carbonyl (C=O) groups excluding carboxylic acids is 1. The first kappa shape index (κ1) is 14.5. The molecule has 1 aliphatic heterocycles. The second-order valence-electron chi connectivity index (χ2n) is 4.63. The van der Waals surface area contributed by atoms with E-state index in [2.05, 4.69) is 15.9 Å². The molecule has 1 atom stereocenters. The summed E-state index contributed by atoms with van der Waals surface area (Å²) in [6.45, 7) is 2.39. The normalized spacial score (nSPS) is 21.3. The second-order valence-corrected chi connectivity index (χ2v) is 7.71. The SMILES string of the molecule is CCN(C(=O)c1ccccc1Br)[C@@H]1CCS(=O)(=O)C1. The zero-order chi connectivity index (χ0) is 14.0. The molecular weight excluding hydrogens is 330 g/mol. The number of hydrogen-bond donors (Lipinski definition) is 0. The van der Waals surface area contributed by atoms with Gasteiger partial charge < -0.3 is 4.90 Å². The van der Waals surface area contributed by atoms with Gasteiger partial charge in [0.05, 0.1) is 17.1 Å². The number of sulfone groups is 1. The minimum absolute atomic E-state index is 0.0804. The Balaban J connectivity index is 2.24. The van der Waals surface area contributed by atoms with Crippen LogP contribution >= 0.6 is 15.9 Å². The van der Waals surface area contributed by atoms with Gasteiger partial charge in [0.2, 0.25) is 0 Å². The van der Waals surface area contributed by atoms with Gasteiger partial charge in [0.15, 0.2) is 9.84 Å². The maximum Gasteiger partial charge on any atom is 0.255 e. The third-order valence-corrected chi connectivity index (χ3v) is 5.80. The first-order chi connectivity index (χ1) is 8.94. The van der Waals surface area contributed by atoms with Crippen molar-refractivity contribution in [2.75, 3.05) is 18.1 Å². The van der Waals surface area contributed by atoms with Crippen molar-refractivity contribution in [2.45, 2.75) is 19.4 Å². The fourth-order valence-corrected chi connectivity index (χ4v) is 4.56. The van der Waals surface area contributed by atoms with Crippen molar-refractivity contribution in [2.24, 2.45) is 0 Å². The number of rotatable bonds is 3. The molecule has 1 heterocycles. The molecular formula is C13H16BrNO3S. The number of carbonyl (C=O) groups is 1. The highest BCUT2D eigenvalue weighted by atomic mass is 79.9. The van der Waals surface area contributed by atoms with Gasteiger partial charge in [0.1, 0.15) is 0 Å². The van der Waals surface area contributed by atoms with Crippen molar-refractivity contribution in [3.8, 4) is 0 Å². The van der Waals surface area contributed by atoms with Crippen LogP contribution in [0.2, 0.25) is 0 Å². The average Bonchev–Trinajstić information content (AvgIpc) is 2.71. The Morgan fingerprint density at radius 3 is 2.63 bits per heavy atom. The van der Waals surface area contributed by atoms with E-state index in [-0.39, 0.29) is 23.5 Å². The van der Waals surface area contributed by atoms with E-state index < -0.39 is 9.84 Å². The highest BCUT2D eigenvalue weighted by Crippen LogP contribution is 2.23. The van der Waals surface area contributed by atoms with Crippen LogP contribution in [0.1, 0.15) is 23.7 Å².